The van der Waals surface area contributed by atoms with Crippen LogP contribution >= 0.6 is 0 Å². The van der Waals surface area contributed by atoms with Gasteiger partial charge in [0.2, 0.25) is 5.91 Å². The highest BCUT2D eigenvalue weighted by molar-refractivity contribution is 6.04. The smallest absolute Gasteiger partial charge is 0.253 e. The van der Waals surface area contributed by atoms with Crippen LogP contribution in [0.25, 0.3) is 0 Å². The fourth-order valence-corrected chi connectivity index (χ4v) is 3.17. The first kappa shape index (κ1) is 22.8. The molecule has 0 unspecified atom stereocenters. The number of anilines is 1. The van der Waals surface area contributed by atoms with Gasteiger partial charge in [0.05, 0.1) is 30.6 Å². The van der Waals surface area contributed by atoms with E-state index in [9.17, 15) is 14.4 Å². The zero-order chi connectivity index (χ0) is 22.9. The van der Waals surface area contributed by atoms with E-state index in [2.05, 4.69) is 16.0 Å². The van der Waals surface area contributed by atoms with Gasteiger partial charge in [0, 0.05) is 19.2 Å². The summed E-state index contributed by atoms with van der Waals surface area (Å²) in [7, 11) is 3.41. The Hall–Kier alpha value is -3.91. The number of hydrogen-bond donors (Lipinski definition) is 3. The van der Waals surface area contributed by atoms with E-state index in [0.29, 0.717) is 29.1 Å². The number of carbonyl (C=O) groups excluding carboxylic acids is 3. The standard InChI is InChI=1S/C24H26N4O4/c1-25-23(30)18-11-9-17(10-12-18)15-28(2)16-22(29)27-21-8-4-3-7-20(21)24(31)26-14-19-6-5-13-32-19/h3-13H,14-16H2,1-2H3,(H,25,30)(H,26,31)(H,27,29). The molecule has 3 rings (SSSR count). The Morgan fingerprint density at radius 3 is 2.38 bits per heavy atom. The van der Waals surface area contributed by atoms with Crippen molar-refractivity contribution in [2.24, 2.45) is 0 Å². The fourth-order valence-electron chi connectivity index (χ4n) is 3.17. The van der Waals surface area contributed by atoms with Crippen LogP contribution < -0.4 is 16.0 Å². The Bertz CT molecular complexity index is 1060. The molecule has 2 aromatic carbocycles. The predicted octanol–water partition coefficient (Wildman–Crippen LogP) is 2.64. The maximum absolute atomic E-state index is 12.6. The van der Waals surface area contributed by atoms with E-state index in [1.165, 1.54) is 0 Å². The highest BCUT2D eigenvalue weighted by Crippen LogP contribution is 2.15. The monoisotopic (exact) mass is 434 g/mol. The quantitative estimate of drug-likeness (QED) is 0.480. The molecular formula is C24H26N4O4. The largest absolute Gasteiger partial charge is 0.467 e. The highest BCUT2D eigenvalue weighted by Gasteiger charge is 2.15. The summed E-state index contributed by atoms with van der Waals surface area (Å²) in [4.78, 5) is 38.6. The van der Waals surface area contributed by atoms with E-state index >= 15 is 0 Å². The number of amides is 3. The molecule has 3 amide bonds. The number of carbonyl (C=O) groups is 3. The summed E-state index contributed by atoms with van der Waals surface area (Å²) in [6.45, 7) is 0.932. The molecule has 0 aliphatic rings. The Kier molecular flexibility index (Phi) is 7.77. The average molecular weight is 434 g/mol. The molecule has 3 aromatic rings. The van der Waals surface area contributed by atoms with Crippen LogP contribution in [-0.2, 0) is 17.9 Å². The molecule has 0 aliphatic heterocycles. The van der Waals surface area contributed by atoms with E-state index in [4.69, 9.17) is 4.42 Å². The normalized spacial score (nSPS) is 10.6. The van der Waals surface area contributed by atoms with Crippen LogP contribution in [0.15, 0.2) is 71.3 Å². The van der Waals surface area contributed by atoms with Crippen molar-refractivity contribution in [3.05, 3.63) is 89.4 Å². The van der Waals surface area contributed by atoms with Crippen LogP contribution in [0.1, 0.15) is 32.0 Å². The van der Waals surface area contributed by atoms with Crippen LogP contribution in [0.5, 0.6) is 0 Å². The minimum atomic E-state index is -0.304. The second-order valence-corrected chi connectivity index (χ2v) is 7.30. The zero-order valence-corrected chi connectivity index (χ0v) is 18.1. The van der Waals surface area contributed by atoms with Gasteiger partial charge in [0.1, 0.15) is 5.76 Å². The maximum Gasteiger partial charge on any atom is 0.253 e. The number of nitrogens with one attached hydrogen (secondary N) is 3. The summed E-state index contributed by atoms with van der Waals surface area (Å²) in [5, 5.41) is 8.18. The molecule has 0 saturated heterocycles. The lowest BCUT2D eigenvalue weighted by Gasteiger charge is -2.17. The summed E-state index contributed by atoms with van der Waals surface area (Å²) in [6, 6.07) is 17.6. The van der Waals surface area contributed by atoms with Gasteiger partial charge in [-0.2, -0.15) is 0 Å². The summed E-state index contributed by atoms with van der Waals surface area (Å²) >= 11 is 0. The lowest BCUT2D eigenvalue weighted by Crippen LogP contribution is -2.31. The van der Waals surface area contributed by atoms with Crippen LogP contribution in [0, 0.1) is 0 Å². The van der Waals surface area contributed by atoms with Crippen molar-refractivity contribution < 1.29 is 18.8 Å². The summed E-state index contributed by atoms with van der Waals surface area (Å²) < 4.78 is 5.22. The second-order valence-electron chi connectivity index (χ2n) is 7.30. The number of likely N-dealkylation sites (N-methyl/N-ethyl adjacent to an activating group) is 1. The molecule has 0 spiro atoms. The third-order valence-electron chi connectivity index (χ3n) is 4.76. The number of furan rings is 1. The first-order valence-electron chi connectivity index (χ1n) is 10.2. The van der Waals surface area contributed by atoms with Gasteiger partial charge in [0.15, 0.2) is 0 Å². The topological polar surface area (TPSA) is 104 Å². The molecule has 3 N–H and O–H groups in total. The Morgan fingerprint density at radius 2 is 1.69 bits per heavy atom. The molecular weight excluding hydrogens is 408 g/mol. The van der Waals surface area contributed by atoms with Crippen molar-refractivity contribution in [1.82, 2.24) is 15.5 Å². The van der Waals surface area contributed by atoms with E-state index < -0.39 is 0 Å². The Labute approximate surface area is 186 Å². The zero-order valence-electron chi connectivity index (χ0n) is 18.1. The molecule has 0 radical (unpaired) electrons. The first-order chi connectivity index (χ1) is 15.5. The molecule has 0 bridgehead atoms. The average Bonchev–Trinajstić information content (AvgIpc) is 3.31. The Morgan fingerprint density at radius 1 is 0.938 bits per heavy atom. The van der Waals surface area contributed by atoms with Gasteiger partial charge in [0.25, 0.3) is 11.8 Å². The molecule has 32 heavy (non-hydrogen) atoms. The number of hydrogen-bond acceptors (Lipinski definition) is 5. The summed E-state index contributed by atoms with van der Waals surface area (Å²) in [5.74, 6) is -0.0383. The molecule has 8 nitrogen and oxygen atoms in total. The van der Waals surface area contributed by atoms with E-state index in [1.807, 2.05) is 24.1 Å². The van der Waals surface area contributed by atoms with E-state index in [0.717, 1.165) is 5.56 Å². The van der Waals surface area contributed by atoms with Gasteiger partial charge in [-0.3, -0.25) is 19.3 Å². The lowest BCUT2D eigenvalue weighted by molar-refractivity contribution is -0.117. The van der Waals surface area contributed by atoms with Crippen molar-refractivity contribution in [2.45, 2.75) is 13.1 Å². The summed E-state index contributed by atoms with van der Waals surface area (Å²) in [5.41, 5.74) is 2.38. The second kappa shape index (κ2) is 10.9. The van der Waals surface area contributed by atoms with E-state index in [1.54, 1.807) is 61.8 Å². The van der Waals surface area contributed by atoms with Crippen molar-refractivity contribution in [1.29, 1.82) is 0 Å². The van der Waals surface area contributed by atoms with Crippen molar-refractivity contribution >= 4 is 23.4 Å². The Balaban J connectivity index is 1.55. The van der Waals surface area contributed by atoms with Gasteiger partial charge >= 0.3 is 0 Å². The van der Waals surface area contributed by atoms with Gasteiger partial charge in [-0.1, -0.05) is 24.3 Å². The molecule has 0 saturated carbocycles. The van der Waals surface area contributed by atoms with Crippen molar-refractivity contribution in [3.8, 4) is 0 Å². The van der Waals surface area contributed by atoms with Crippen LogP contribution in [0.2, 0.25) is 0 Å². The molecule has 166 valence electrons. The molecule has 0 fully saturated rings. The third kappa shape index (κ3) is 6.29. The molecule has 8 heteroatoms. The number of nitrogens with zero attached hydrogens (tertiary/aromatic N) is 1. The number of rotatable bonds is 9. The fraction of sp³-hybridized carbons (Fsp3) is 0.208. The SMILES string of the molecule is CNC(=O)c1ccc(CN(C)CC(=O)Nc2ccccc2C(=O)NCc2ccco2)cc1. The van der Waals surface area contributed by atoms with Gasteiger partial charge in [-0.25, -0.2) is 0 Å². The van der Waals surface area contributed by atoms with E-state index in [-0.39, 0.29) is 30.8 Å². The minimum absolute atomic E-state index is 0.138. The van der Waals surface area contributed by atoms with Crippen molar-refractivity contribution in [2.75, 3.05) is 26.0 Å². The molecule has 0 atom stereocenters. The van der Waals surface area contributed by atoms with Gasteiger partial charge < -0.3 is 20.4 Å². The number of benzene rings is 2. The third-order valence-corrected chi connectivity index (χ3v) is 4.76. The molecule has 0 aliphatic carbocycles. The highest BCUT2D eigenvalue weighted by atomic mass is 16.3. The van der Waals surface area contributed by atoms with Crippen LogP contribution in [-0.4, -0.2) is 43.3 Å². The number of para-hydroxylation sites is 1. The van der Waals surface area contributed by atoms with Crippen LogP contribution in [0.4, 0.5) is 5.69 Å². The van der Waals surface area contributed by atoms with Gasteiger partial charge in [-0.15, -0.1) is 0 Å². The molecule has 1 heterocycles. The summed E-state index contributed by atoms with van der Waals surface area (Å²) in [6.07, 6.45) is 1.54. The lowest BCUT2D eigenvalue weighted by atomic mass is 10.1. The maximum atomic E-state index is 12.6. The minimum Gasteiger partial charge on any atom is -0.467 e. The first-order valence-corrected chi connectivity index (χ1v) is 10.2. The van der Waals surface area contributed by atoms with Crippen LogP contribution in [0.3, 0.4) is 0 Å². The van der Waals surface area contributed by atoms with Gasteiger partial charge in [-0.05, 0) is 49.0 Å². The predicted molar refractivity (Wildman–Crippen MR) is 121 cm³/mol. The molecule has 1 aromatic heterocycles. The van der Waals surface area contributed by atoms with Crippen molar-refractivity contribution in [3.63, 3.8) is 0 Å².